The van der Waals surface area contributed by atoms with E-state index in [2.05, 4.69) is 5.43 Å². The number of hydrogen-bond donors (Lipinski definition) is 1. The minimum absolute atomic E-state index is 0.231. The summed E-state index contributed by atoms with van der Waals surface area (Å²) in [7, 11) is 1.56. The highest BCUT2D eigenvalue weighted by molar-refractivity contribution is 7.97. The summed E-state index contributed by atoms with van der Waals surface area (Å²) in [5.41, 5.74) is 2.62. The Morgan fingerprint density at radius 3 is 2.18 bits per heavy atom. The summed E-state index contributed by atoms with van der Waals surface area (Å²) in [6.07, 6.45) is -4.30. The first kappa shape index (κ1) is 8.73. The van der Waals surface area contributed by atoms with E-state index in [1.807, 2.05) is 0 Å². The molecule has 64 valence electrons. The maximum Gasteiger partial charge on any atom is 0.401 e. The van der Waals surface area contributed by atoms with Crippen molar-refractivity contribution in [3.8, 4) is 0 Å². The third-order valence-corrected chi connectivity index (χ3v) is 2.06. The van der Waals surface area contributed by atoms with Gasteiger partial charge >= 0.3 is 6.18 Å². The smallest absolute Gasteiger partial charge is 0.401 e. The predicted octanol–water partition coefficient (Wildman–Crippen LogP) is 1.25. The van der Waals surface area contributed by atoms with E-state index in [9.17, 15) is 13.2 Å². The van der Waals surface area contributed by atoms with Gasteiger partial charge in [-0.3, -0.25) is 0 Å². The monoisotopic (exact) mass is 184 g/mol. The molecule has 11 heavy (non-hydrogen) atoms. The molecule has 6 heteroatoms. The first-order valence-electron chi connectivity index (χ1n) is 2.92. The molecule has 0 aromatic heterocycles. The van der Waals surface area contributed by atoms with E-state index in [0.717, 1.165) is 11.9 Å². The van der Waals surface area contributed by atoms with Crippen LogP contribution in [0.15, 0.2) is 10.6 Å². The quantitative estimate of drug-likeness (QED) is 0.561. The number of hydrogen-bond acceptors (Lipinski definition) is 1. The summed E-state index contributed by atoms with van der Waals surface area (Å²) < 4.78 is 36.5. The number of nitrogens with one attached hydrogen (secondary N) is 1. The highest BCUT2D eigenvalue weighted by Crippen LogP contribution is 2.36. The van der Waals surface area contributed by atoms with Crippen LogP contribution in [0.5, 0.6) is 0 Å². The summed E-state index contributed by atoms with van der Waals surface area (Å²) in [6.45, 7) is 1.42. The molecule has 1 aliphatic rings. The van der Waals surface area contributed by atoms with E-state index in [-0.39, 0.29) is 4.91 Å². The lowest BCUT2D eigenvalue weighted by Crippen LogP contribution is -2.95. The van der Waals surface area contributed by atoms with Gasteiger partial charge in [0.05, 0.1) is 19.0 Å². The highest BCUT2D eigenvalue weighted by Gasteiger charge is 2.34. The summed E-state index contributed by atoms with van der Waals surface area (Å²) in [5.74, 6) is 0. The zero-order chi connectivity index (χ0) is 8.65. The van der Waals surface area contributed by atoms with Crippen LogP contribution in [0.4, 0.5) is 13.2 Å². The second-order valence-electron chi connectivity index (χ2n) is 2.14. The molecule has 1 aliphatic heterocycles. The van der Waals surface area contributed by atoms with Gasteiger partial charge < -0.3 is 9.84 Å². The average Bonchev–Trinajstić information content (AvgIpc) is 2.08. The van der Waals surface area contributed by atoms with Crippen LogP contribution in [-0.2, 0) is 0 Å². The molecule has 0 saturated heterocycles. The fourth-order valence-electron chi connectivity index (χ4n) is 0.792. The third kappa shape index (κ3) is 1.81. The Morgan fingerprint density at radius 1 is 1.45 bits per heavy atom. The van der Waals surface area contributed by atoms with E-state index in [1.165, 1.54) is 6.92 Å². The molecule has 2 nitrogen and oxygen atoms in total. The number of nitrogens with zero attached hydrogens (tertiary/aromatic N) is 1. The van der Waals surface area contributed by atoms with Crippen LogP contribution >= 0.6 is 11.9 Å². The predicted molar refractivity (Wildman–Crippen MR) is 36.6 cm³/mol. The van der Waals surface area contributed by atoms with E-state index < -0.39 is 11.9 Å². The van der Waals surface area contributed by atoms with E-state index in [4.69, 9.17) is 0 Å². The zero-order valence-electron chi connectivity index (χ0n) is 5.99. The molecule has 0 spiro atoms. The fourth-order valence-corrected chi connectivity index (χ4v) is 1.63. The topological polar surface area (TPSA) is 18.5 Å². The molecule has 1 N–H and O–H groups in total. The number of allylic oxidation sites excluding steroid dienone is 2. The molecule has 0 bridgehead atoms. The largest absolute Gasteiger partial charge is 0.472 e. The SMILES string of the molecule is CC1=C(C(F)(F)F)[N-][NH+](C)S1. The molecule has 0 amide bonds. The molecule has 1 heterocycles. The van der Waals surface area contributed by atoms with Crippen LogP contribution in [0.2, 0.25) is 0 Å². The molecule has 1 rings (SSSR count). The summed E-state index contributed by atoms with van der Waals surface area (Å²) in [4.78, 5) is 0.231. The standard InChI is InChI=1S/C5H7F3N2S/c1-3-4(5(6,7)8)9-10(2)11-3/h10H,1-2H3. The van der Waals surface area contributed by atoms with E-state index >= 15 is 0 Å². The Kier molecular flexibility index (Phi) is 2.06. The molecule has 0 radical (unpaired) electrons. The number of rotatable bonds is 0. The molecule has 0 saturated carbocycles. The molecular formula is C5H7F3N2S. The van der Waals surface area contributed by atoms with Gasteiger partial charge in [-0.2, -0.15) is 13.2 Å². The zero-order valence-corrected chi connectivity index (χ0v) is 6.81. The van der Waals surface area contributed by atoms with Gasteiger partial charge in [-0.15, -0.1) is 0 Å². The Hall–Kier alpha value is -0.360. The van der Waals surface area contributed by atoms with Crippen molar-refractivity contribution in [1.29, 1.82) is 0 Å². The lowest BCUT2D eigenvalue weighted by Gasteiger charge is -2.21. The van der Waals surface area contributed by atoms with E-state index in [0.29, 0.717) is 4.41 Å². The van der Waals surface area contributed by atoms with Crippen molar-refractivity contribution < 1.29 is 17.6 Å². The van der Waals surface area contributed by atoms with E-state index in [1.54, 1.807) is 7.05 Å². The van der Waals surface area contributed by atoms with Crippen molar-refractivity contribution in [3.63, 3.8) is 0 Å². The van der Waals surface area contributed by atoms with Crippen LogP contribution in [0, 0.1) is 0 Å². The minimum Gasteiger partial charge on any atom is -0.472 e. The summed E-state index contributed by atoms with van der Waals surface area (Å²) in [5, 5.41) is 0. The van der Waals surface area contributed by atoms with Crippen LogP contribution in [0.25, 0.3) is 5.43 Å². The summed E-state index contributed by atoms with van der Waals surface area (Å²) >= 11 is 1.06. The molecule has 0 aromatic carbocycles. The number of halogens is 3. The molecule has 1 atom stereocenters. The maximum atomic E-state index is 12.0. The van der Waals surface area contributed by atoms with Gasteiger partial charge in [-0.25, -0.2) is 0 Å². The van der Waals surface area contributed by atoms with Gasteiger partial charge in [0.25, 0.3) is 0 Å². The minimum atomic E-state index is -4.30. The highest BCUT2D eigenvalue weighted by atomic mass is 32.2. The lowest BCUT2D eigenvalue weighted by atomic mass is 10.4. The van der Waals surface area contributed by atoms with Crippen LogP contribution in [0.3, 0.4) is 0 Å². The van der Waals surface area contributed by atoms with Gasteiger partial charge in [0.1, 0.15) is 0 Å². The Bertz CT molecular complexity index is 198. The van der Waals surface area contributed by atoms with Crippen molar-refractivity contribution in [2.45, 2.75) is 13.1 Å². The van der Waals surface area contributed by atoms with Crippen molar-refractivity contribution in [2.24, 2.45) is 0 Å². The van der Waals surface area contributed by atoms with Crippen LogP contribution in [0.1, 0.15) is 6.92 Å². The Morgan fingerprint density at radius 2 is 2.00 bits per heavy atom. The van der Waals surface area contributed by atoms with Crippen molar-refractivity contribution >= 4 is 11.9 Å². The molecule has 0 aromatic rings. The second-order valence-corrected chi connectivity index (χ2v) is 3.54. The lowest BCUT2D eigenvalue weighted by molar-refractivity contribution is -0.679. The van der Waals surface area contributed by atoms with Gasteiger partial charge in [-0.05, 0) is 6.92 Å². The number of quaternary nitrogens is 1. The molecular weight excluding hydrogens is 177 g/mol. The van der Waals surface area contributed by atoms with Gasteiger partial charge in [0.2, 0.25) is 0 Å². The number of alkyl halides is 3. The first-order chi connectivity index (χ1) is 4.91. The molecule has 0 aliphatic carbocycles. The second kappa shape index (κ2) is 2.60. The van der Waals surface area contributed by atoms with Crippen LogP contribution < -0.4 is 4.41 Å². The van der Waals surface area contributed by atoms with Gasteiger partial charge in [-0.1, -0.05) is 0 Å². The van der Waals surface area contributed by atoms with Gasteiger partial charge in [0.15, 0.2) is 0 Å². The van der Waals surface area contributed by atoms with Crippen molar-refractivity contribution in [1.82, 2.24) is 0 Å². The third-order valence-electron chi connectivity index (χ3n) is 1.17. The Balaban J connectivity index is 2.80. The maximum absolute atomic E-state index is 12.0. The Labute approximate surface area is 66.5 Å². The first-order valence-corrected chi connectivity index (χ1v) is 3.74. The van der Waals surface area contributed by atoms with Crippen molar-refractivity contribution in [3.05, 3.63) is 16.0 Å². The normalized spacial score (nSPS) is 25.7. The average molecular weight is 184 g/mol. The summed E-state index contributed by atoms with van der Waals surface area (Å²) in [6, 6.07) is 0. The van der Waals surface area contributed by atoms with Crippen LogP contribution in [-0.4, -0.2) is 13.2 Å². The fraction of sp³-hybridized carbons (Fsp3) is 0.600. The van der Waals surface area contributed by atoms with Gasteiger partial charge in [0, 0.05) is 10.6 Å². The van der Waals surface area contributed by atoms with Crippen molar-refractivity contribution in [2.75, 3.05) is 7.05 Å². The molecule has 0 fully saturated rings. The molecule has 1 unspecified atom stereocenters.